The van der Waals surface area contributed by atoms with Gasteiger partial charge >= 0.3 is 0 Å². The summed E-state index contributed by atoms with van der Waals surface area (Å²) in [4.78, 5) is 2.48. The molecule has 14 aromatic rings. The first-order valence-corrected chi connectivity index (χ1v) is 25.1. The zero-order chi connectivity index (χ0) is 46.6. The van der Waals surface area contributed by atoms with E-state index in [1.807, 2.05) is 11.3 Å². The number of thiophene rings is 1. The first kappa shape index (κ1) is 40.0. The molecule has 3 aromatic heterocycles. The summed E-state index contributed by atoms with van der Waals surface area (Å²) in [6.07, 6.45) is 0. The summed E-state index contributed by atoms with van der Waals surface area (Å²) < 4.78 is 12.0. The van der Waals surface area contributed by atoms with Crippen LogP contribution in [0.5, 0.6) is 0 Å². The van der Waals surface area contributed by atoms with Crippen molar-refractivity contribution in [3.05, 3.63) is 277 Å². The Hall–Kier alpha value is -8.96. The minimum Gasteiger partial charge on any atom is -0.456 e. The number of rotatable bonds is 7. The zero-order valence-electron chi connectivity index (χ0n) is 38.5. The van der Waals surface area contributed by atoms with Crippen molar-refractivity contribution in [1.29, 1.82) is 0 Å². The number of hydrogen-bond acceptors (Lipinski definition) is 3. The maximum Gasteiger partial charge on any atom is 0.139 e. The Bertz CT molecular complexity index is 4350. The second kappa shape index (κ2) is 15.5. The Morgan fingerprint density at radius 3 is 1.69 bits per heavy atom. The lowest BCUT2D eigenvalue weighted by molar-refractivity contribution is 0.669. The van der Waals surface area contributed by atoms with Gasteiger partial charge in [-0.25, -0.2) is 0 Å². The molecule has 0 saturated heterocycles. The second-order valence-corrected chi connectivity index (χ2v) is 19.8. The molecule has 11 aromatic carbocycles. The van der Waals surface area contributed by atoms with Crippen LogP contribution in [0.4, 0.5) is 17.1 Å². The van der Waals surface area contributed by atoms with E-state index in [1.165, 1.54) is 70.1 Å². The molecule has 0 radical (unpaired) electrons. The second-order valence-electron chi connectivity index (χ2n) is 18.7. The van der Waals surface area contributed by atoms with Crippen molar-refractivity contribution in [2.24, 2.45) is 0 Å². The number of para-hydroxylation sites is 3. The fraction of sp³-hybridized carbons (Fsp3) is 0.0149. The molecular weight excluding hydrogens is 881 g/mol. The minimum absolute atomic E-state index is 0.517. The SMILES string of the molecule is c1ccc(N(c2ccc(C3(c4ccccc4)c4ccccc4-c4ccccc43)cc2)c2c3c(cc4c2c2cc(-c5ccc6sc7ccccc7c6c5)ccc2n4-c2ccccc2)oc2ccccc23)cc1. The standard InChI is InChI=1S/C67H42N2OS/c1-4-18-45(19-5-1)67(56-28-14-10-24-50(56)51-25-11-15-29-57(51)67)46-34-36-49(37-35-46)68(47-20-6-2-7-21-47)66-64-55-41-43(44-33-39-63-54(40-44)52-26-13-17-31-62(52)71-63)32-38-58(55)69(48-22-8-3-9-23-48)59(64)42-61-65(66)53-27-12-16-30-60(53)70-61/h1-42H. The molecule has 3 heterocycles. The predicted octanol–water partition coefficient (Wildman–Crippen LogP) is 18.6. The average molecular weight is 923 g/mol. The molecule has 0 atom stereocenters. The van der Waals surface area contributed by atoms with Crippen LogP contribution in [-0.2, 0) is 5.41 Å². The summed E-state index contributed by atoms with van der Waals surface area (Å²) in [5.41, 5.74) is 17.6. The first-order valence-electron chi connectivity index (χ1n) is 24.3. The van der Waals surface area contributed by atoms with E-state index in [4.69, 9.17) is 4.42 Å². The molecule has 0 N–H and O–H groups in total. The largest absolute Gasteiger partial charge is 0.456 e. The molecule has 4 heteroatoms. The van der Waals surface area contributed by atoms with Crippen molar-refractivity contribution >= 4 is 92.3 Å². The molecule has 1 aliphatic rings. The third kappa shape index (κ3) is 5.83. The minimum atomic E-state index is -0.517. The van der Waals surface area contributed by atoms with E-state index in [-0.39, 0.29) is 0 Å². The van der Waals surface area contributed by atoms with E-state index in [1.54, 1.807) is 0 Å². The molecule has 0 amide bonds. The predicted molar refractivity (Wildman–Crippen MR) is 298 cm³/mol. The van der Waals surface area contributed by atoms with Crippen molar-refractivity contribution in [1.82, 2.24) is 4.57 Å². The highest BCUT2D eigenvalue weighted by Gasteiger charge is 2.46. The van der Waals surface area contributed by atoms with Crippen LogP contribution in [0, 0.1) is 0 Å². The van der Waals surface area contributed by atoms with Crippen LogP contribution < -0.4 is 4.90 Å². The molecule has 0 saturated carbocycles. The molecule has 0 aliphatic heterocycles. The van der Waals surface area contributed by atoms with Gasteiger partial charge in [0.05, 0.1) is 27.5 Å². The van der Waals surface area contributed by atoms with Gasteiger partial charge in [-0.1, -0.05) is 176 Å². The van der Waals surface area contributed by atoms with Gasteiger partial charge in [-0.05, 0) is 117 Å². The molecule has 0 bridgehead atoms. The van der Waals surface area contributed by atoms with Crippen molar-refractivity contribution < 1.29 is 4.42 Å². The van der Waals surface area contributed by atoms with Crippen LogP contribution in [0.25, 0.3) is 91.9 Å². The summed E-state index contributed by atoms with van der Waals surface area (Å²) in [7, 11) is 0. The van der Waals surface area contributed by atoms with Crippen LogP contribution in [0.1, 0.15) is 22.3 Å². The highest BCUT2D eigenvalue weighted by atomic mass is 32.1. The number of benzene rings is 11. The van der Waals surface area contributed by atoms with Gasteiger partial charge in [0.1, 0.15) is 11.2 Å². The monoisotopic (exact) mass is 922 g/mol. The van der Waals surface area contributed by atoms with Gasteiger partial charge in [0, 0.05) is 59.5 Å². The topological polar surface area (TPSA) is 21.3 Å². The normalized spacial score (nSPS) is 12.9. The lowest BCUT2D eigenvalue weighted by Gasteiger charge is -2.34. The van der Waals surface area contributed by atoms with E-state index >= 15 is 0 Å². The van der Waals surface area contributed by atoms with Crippen LogP contribution in [-0.4, -0.2) is 4.57 Å². The summed E-state index contributed by atoms with van der Waals surface area (Å²) in [6, 6.07) is 93.6. The summed E-state index contributed by atoms with van der Waals surface area (Å²) in [5, 5.41) is 7.06. The van der Waals surface area contributed by atoms with Crippen LogP contribution >= 0.6 is 11.3 Å². The van der Waals surface area contributed by atoms with Crippen LogP contribution in [0.15, 0.2) is 259 Å². The maximum absolute atomic E-state index is 6.95. The van der Waals surface area contributed by atoms with Gasteiger partial charge < -0.3 is 13.9 Å². The molecule has 0 fully saturated rings. The number of furan rings is 1. The van der Waals surface area contributed by atoms with Gasteiger partial charge in [-0.3, -0.25) is 0 Å². The third-order valence-electron chi connectivity index (χ3n) is 15.0. The fourth-order valence-electron chi connectivity index (χ4n) is 12.1. The van der Waals surface area contributed by atoms with Crippen molar-refractivity contribution in [3.8, 4) is 27.9 Å². The molecule has 0 unspecified atom stereocenters. The number of fused-ring (bicyclic) bond motifs is 12. The van der Waals surface area contributed by atoms with Crippen molar-refractivity contribution in [3.63, 3.8) is 0 Å². The quantitative estimate of drug-likeness (QED) is 0.159. The third-order valence-corrected chi connectivity index (χ3v) is 16.2. The summed E-state index contributed by atoms with van der Waals surface area (Å²) in [6.45, 7) is 0. The average Bonchev–Trinajstić information content (AvgIpc) is 4.18. The Balaban J connectivity index is 1.03. The van der Waals surface area contributed by atoms with Crippen LogP contribution in [0.2, 0.25) is 0 Å². The Morgan fingerprint density at radius 1 is 0.380 bits per heavy atom. The number of anilines is 3. The fourth-order valence-corrected chi connectivity index (χ4v) is 13.2. The van der Waals surface area contributed by atoms with E-state index in [2.05, 4.69) is 264 Å². The lowest BCUT2D eigenvalue weighted by atomic mass is 9.68. The van der Waals surface area contributed by atoms with E-state index in [9.17, 15) is 0 Å². The maximum atomic E-state index is 6.95. The summed E-state index contributed by atoms with van der Waals surface area (Å²) >= 11 is 1.86. The number of nitrogens with zero attached hydrogens (tertiary/aromatic N) is 2. The Morgan fingerprint density at radius 2 is 0.944 bits per heavy atom. The summed E-state index contributed by atoms with van der Waals surface area (Å²) in [5.74, 6) is 0. The molecule has 1 aliphatic carbocycles. The van der Waals surface area contributed by atoms with Crippen LogP contribution in [0.3, 0.4) is 0 Å². The van der Waals surface area contributed by atoms with Crippen molar-refractivity contribution in [2.75, 3.05) is 4.90 Å². The van der Waals surface area contributed by atoms with Gasteiger partial charge in [0.2, 0.25) is 0 Å². The molecule has 71 heavy (non-hydrogen) atoms. The smallest absolute Gasteiger partial charge is 0.139 e. The van der Waals surface area contributed by atoms with E-state index < -0.39 is 5.41 Å². The molecule has 15 rings (SSSR count). The van der Waals surface area contributed by atoms with Gasteiger partial charge in [-0.15, -0.1) is 11.3 Å². The van der Waals surface area contributed by atoms with Gasteiger partial charge in [0.15, 0.2) is 0 Å². The first-order chi connectivity index (χ1) is 35.2. The van der Waals surface area contributed by atoms with E-state index in [0.717, 1.165) is 61.1 Å². The lowest BCUT2D eigenvalue weighted by Crippen LogP contribution is -2.28. The van der Waals surface area contributed by atoms with Crippen molar-refractivity contribution in [2.45, 2.75) is 5.41 Å². The zero-order valence-corrected chi connectivity index (χ0v) is 39.3. The van der Waals surface area contributed by atoms with Gasteiger partial charge in [0.25, 0.3) is 0 Å². The van der Waals surface area contributed by atoms with Gasteiger partial charge in [-0.2, -0.15) is 0 Å². The molecule has 332 valence electrons. The Kier molecular flexibility index (Phi) is 8.74. The molecular formula is C67H42N2OS. The highest BCUT2D eigenvalue weighted by molar-refractivity contribution is 7.25. The molecule has 3 nitrogen and oxygen atoms in total. The number of hydrogen-bond donors (Lipinski definition) is 0. The highest BCUT2D eigenvalue weighted by Crippen LogP contribution is 2.57. The van der Waals surface area contributed by atoms with E-state index in [0.29, 0.717) is 0 Å². The Labute approximate surface area is 414 Å². The number of aromatic nitrogens is 1. The molecule has 0 spiro atoms.